The molecule has 1 heterocycles. The fraction of sp³-hybridized carbons (Fsp3) is 0.412. The van der Waals surface area contributed by atoms with Crippen molar-refractivity contribution in [2.24, 2.45) is 5.92 Å². The maximum absolute atomic E-state index is 12.3. The van der Waals surface area contributed by atoms with Crippen LogP contribution in [0.1, 0.15) is 31.0 Å². The summed E-state index contributed by atoms with van der Waals surface area (Å²) in [5.41, 5.74) is 2.57. The molecule has 2 unspecified atom stereocenters. The lowest BCUT2D eigenvalue weighted by atomic mass is 10.00. The van der Waals surface area contributed by atoms with Gasteiger partial charge in [0.05, 0.1) is 15.0 Å². The highest BCUT2D eigenvalue weighted by atomic mass is 32.2. The topological polar surface area (TPSA) is 29.1 Å². The molecule has 4 heteroatoms. The lowest BCUT2D eigenvalue weighted by Crippen LogP contribution is -2.22. The Balaban J connectivity index is 2.05. The standard InChI is InChI=1S/C17H23NOS2/c1-13(2)11-14-6-8-15(9-7-14)16(18-3)12-21(19)17-5-4-10-20-17/h4-10,13,16,18H,11-12H2,1-3H3. The molecule has 2 atom stereocenters. The van der Waals surface area contributed by atoms with Gasteiger partial charge in [0.25, 0.3) is 0 Å². The van der Waals surface area contributed by atoms with Gasteiger partial charge in [-0.1, -0.05) is 44.2 Å². The molecule has 0 radical (unpaired) electrons. The van der Waals surface area contributed by atoms with Gasteiger partial charge in [-0.3, -0.25) is 4.21 Å². The zero-order valence-corrected chi connectivity index (χ0v) is 14.5. The van der Waals surface area contributed by atoms with Gasteiger partial charge in [0, 0.05) is 11.8 Å². The van der Waals surface area contributed by atoms with Crippen molar-refractivity contribution in [2.75, 3.05) is 12.8 Å². The summed E-state index contributed by atoms with van der Waals surface area (Å²) in [6, 6.07) is 12.7. The highest BCUT2D eigenvalue weighted by molar-refractivity contribution is 7.87. The second-order valence-electron chi connectivity index (χ2n) is 5.63. The molecule has 2 rings (SSSR count). The predicted molar refractivity (Wildman–Crippen MR) is 92.4 cm³/mol. The van der Waals surface area contributed by atoms with E-state index in [1.807, 2.05) is 24.6 Å². The van der Waals surface area contributed by atoms with E-state index in [1.165, 1.54) is 11.1 Å². The summed E-state index contributed by atoms with van der Waals surface area (Å²) < 4.78 is 13.3. The normalized spacial score (nSPS) is 14.3. The second-order valence-corrected chi connectivity index (χ2v) is 8.30. The maximum Gasteiger partial charge on any atom is 0.0911 e. The summed E-state index contributed by atoms with van der Waals surface area (Å²) in [5.74, 6) is 1.28. The average molecular weight is 322 g/mol. The van der Waals surface area contributed by atoms with Crippen LogP contribution < -0.4 is 5.32 Å². The highest BCUT2D eigenvalue weighted by Crippen LogP contribution is 2.21. The molecule has 1 aromatic heterocycles. The summed E-state index contributed by atoms with van der Waals surface area (Å²) in [7, 11) is 0.988. The Kier molecular flexibility index (Phi) is 6.15. The molecular weight excluding hydrogens is 298 g/mol. The minimum Gasteiger partial charge on any atom is -0.312 e. The number of nitrogens with one attached hydrogen (secondary N) is 1. The van der Waals surface area contributed by atoms with Crippen LogP contribution in [-0.4, -0.2) is 17.0 Å². The fourth-order valence-corrected chi connectivity index (χ4v) is 4.64. The van der Waals surface area contributed by atoms with Gasteiger partial charge < -0.3 is 5.32 Å². The first-order valence-electron chi connectivity index (χ1n) is 7.28. The maximum atomic E-state index is 12.3. The van der Waals surface area contributed by atoms with Gasteiger partial charge in [0.15, 0.2) is 0 Å². The number of benzene rings is 1. The number of rotatable bonds is 7. The molecule has 0 fully saturated rings. The minimum atomic E-state index is -0.941. The molecular formula is C17H23NOS2. The van der Waals surface area contributed by atoms with Crippen molar-refractivity contribution in [3.05, 3.63) is 52.9 Å². The van der Waals surface area contributed by atoms with Gasteiger partial charge in [0.1, 0.15) is 0 Å². The van der Waals surface area contributed by atoms with E-state index in [2.05, 4.69) is 43.4 Å². The third kappa shape index (κ3) is 4.77. The van der Waals surface area contributed by atoms with Gasteiger partial charge in [-0.05, 0) is 42.0 Å². The molecule has 0 amide bonds. The van der Waals surface area contributed by atoms with Crippen LogP contribution in [0, 0.1) is 5.92 Å². The molecule has 2 aromatic rings. The van der Waals surface area contributed by atoms with E-state index in [4.69, 9.17) is 0 Å². The Morgan fingerprint density at radius 1 is 1.19 bits per heavy atom. The van der Waals surface area contributed by atoms with Crippen LogP contribution in [0.15, 0.2) is 46.0 Å². The van der Waals surface area contributed by atoms with Crippen LogP contribution in [0.2, 0.25) is 0 Å². The zero-order valence-electron chi connectivity index (χ0n) is 12.8. The van der Waals surface area contributed by atoms with E-state index in [0.29, 0.717) is 11.7 Å². The van der Waals surface area contributed by atoms with Gasteiger partial charge in [-0.25, -0.2) is 0 Å². The molecule has 0 aliphatic carbocycles. The van der Waals surface area contributed by atoms with Gasteiger partial charge in [0.2, 0.25) is 0 Å². The molecule has 21 heavy (non-hydrogen) atoms. The largest absolute Gasteiger partial charge is 0.312 e. The molecule has 114 valence electrons. The Bertz CT molecular complexity index is 561. The molecule has 0 saturated carbocycles. The van der Waals surface area contributed by atoms with Crippen molar-refractivity contribution in [3.63, 3.8) is 0 Å². The first kappa shape index (κ1) is 16.4. The Morgan fingerprint density at radius 2 is 1.90 bits per heavy atom. The van der Waals surface area contributed by atoms with Gasteiger partial charge in [-0.15, -0.1) is 11.3 Å². The van der Waals surface area contributed by atoms with Gasteiger partial charge in [-0.2, -0.15) is 0 Å². The summed E-state index contributed by atoms with van der Waals surface area (Å²) in [6.45, 7) is 4.46. The zero-order chi connectivity index (χ0) is 15.2. The van der Waals surface area contributed by atoms with Crippen molar-refractivity contribution in [1.29, 1.82) is 0 Å². The Hall–Kier alpha value is -0.970. The van der Waals surface area contributed by atoms with Crippen molar-refractivity contribution < 1.29 is 4.21 Å². The number of thiophene rings is 1. The molecule has 0 aliphatic rings. The summed E-state index contributed by atoms with van der Waals surface area (Å²) in [4.78, 5) is 0. The van der Waals surface area contributed by atoms with E-state index >= 15 is 0 Å². The average Bonchev–Trinajstić information content (AvgIpc) is 2.99. The highest BCUT2D eigenvalue weighted by Gasteiger charge is 2.15. The molecule has 0 bridgehead atoms. The van der Waals surface area contributed by atoms with Gasteiger partial charge >= 0.3 is 0 Å². The third-order valence-electron chi connectivity index (χ3n) is 3.41. The first-order valence-corrected chi connectivity index (χ1v) is 9.48. The molecule has 2 nitrogen and oxygen atoms in total. The quantitative estimate of drug-likeness (QED) is 0.834. The predicted octanol–water partition coefficient (Wildman–Crippen LogP) is 4.01. The summed E-state index contributed by atoms with van der Waals surface area (Å²) in [6.07, 6.45) is 1.10. The number of hydrogen-bond acceptors (Lipinski definition) is 3. The Morgan fingerprint density at radius 3 is 2.43 bits per heavy atom. The third-order valence-corrected chi connectivity index (χ3v) is 6.14. The molecule has 1 N–H and O–H groups in total. The van der Waals surface area contributed by atoms with Crippen molar-refractivity contribution in [2.45, 2.75) is 30.5 Å². The van der Waals surface area contributed by atoms with Crippen LogP contribution in [-0.2, 0) is 17.2 Å². The summed E-state index contributed by atoms with van der Waals surface area (Å²) in [5, 5.41) is 5.26. The molecule has 0 spiro atoms. The minimum absolute atomic E-state index is 0.126. The summed E-state index contributed by atoms with van der Waals surface area (Å²) >= 11 is 1.56. The van der Waals surface area contributed by atoms with Crippen LogP contribution >= 0.6 is 11.3 Å². The van der Waals surface area contributed by atoms with E-state index < -0.39 is 10.8 Å². The number of hydrogen-bond donors (Lipinski definition) is 1. The molecule has 1 aromatic carbocycles. The van der Waals surface area contributed by atoms with Crippen molar-refractivity contribution in [1.82, 2.24) is 5.32 Å². The Labute approximate surface area is 134 Å². The molecule has 0 saturated heterocycles. The van der Waals surface area contributed by atoms with Crippen molar-refractivity contribution >= 4 is 22.1 Å². The first-order chi connectivity index (χ1) is 10.1. The second kappa shape index (κ2) is 7.87. The van der Waals surface area contributed by atoms with E-state index in [1.54, 1.807) is 11.3 Å². The lowest BCUT2D eigenvalue weighted by Gasteiger charge is -2.16. The smallest absolute Gasteiger partial charge is 0.0911 e. The van der Waals surface area contributed by atoms with E-state index in [-0.39, 0.29) is 6.04 Å². The van der Waals surface area contributed by atoms with Crippen LogP contribution in [0.3, 0.4) is 0 Å². The monoisotopic (exact) mass is 321 g/mol. The van der Waals surface area contributed by atoms with Crippen LogP contribution in [0.5, 0.6) is 0 Å². The molecule has 0 aliphatic heterocycles. The van der Waals surface area contributed by atoms with E-state index in [9.17, 15) is 4.21 Å². The van der Waals surface area contributed by atoms with E-state index in [0.717, 1.165) is 10.6 Å². The van der Waals surface area contributed by atoms with Crippen LogP contribution in [0.25, 0.3) is 0 Å². The lowest BCUT2D eigenvalue weighted by molar-refractivity contribution is 0.633. The fourth-order valence-electron chi connectivity index (χ4n) is 2.33. The van der Waals surface area contributed by atoms with Crippen molar-refractivity contribution in [3.8, 4) is 0 Å². The SMILES string of the molecule is CNC(CS(=O)c1cccs1)c1ccc(CC(C)C)cc1. The van der Waals surface area contributed by atoms with Crippen LogP contribution in [0.4, 0.5) is 0 Å².